The first-order valence-corrected chi connectivity index (χ1v) is 9.15. The van der Waals surface area contributed by atoms with E-state index in [2.05, 4.69) is 4.98 Å². The Morgan fingerprint density at radius 1 is 1.12 bits per heavy atom. The van der Waals surface area contributed by atoms with Gasteiger partial charge in [0.2, 0.25) is 5.91 Å². The normalized spacial score (nSPS) is 10.7. The van der Waals surface area contributed by atoms with E-state index in [0.29, 0.717) is 10.8 Å². The maximum Gasteiger partial charge on any atom is 0.232 e. The molecule has 0 aliphatic heterocycles. The minimum absolute atomic E-state index is 0.0416. The zero-order chi connectivity index (χ0) is 17.8. The number of hydrogen-bond donors (Lipinski definition) is 0. The molecule has 3 rings (SSSR count). The van der Waals surface area contributed by atoms with Gasteiger partial charge < -0.3 is 4.90 Å². The number of rotatable bonds is 5. The molecule has 0 unspecified atom stereocenters. The van der Waals surface area contributed by atoms with Crippen molar-refractivity contribution in [1.29, 1.82) is 0 Å². The summed E-state index contributed by atoms with van der Waals surface area (Å²) in [6.45, 7) is 0. The Balaban J connectivity index is 2.06. The number of para-hydroxylation sites is 1. The van der Waals surface area contributed by atoms with Gasteiger partial charge in [-0.05, 0) is 12.1 Å². The van der Waals surface area contributed by atoms with Gasteiger partial charge in [-0.2, -0.15) is 0 Å². The lowest BCUT2D eigenvalue weighted by Gasteiger charge is -2.14. The lowest BCUT2D eigenvalue weighted by molar-refractivity contribution is -0.125. The fourth-order valence-corrected chi connectivity index (χ4v) is 3.55. The van der Waals surface area contributed by atoms with Crippen LogP contribution in [0.3, 0.4) is 0 Å². The number of carbonyl (C=O) groups excluding carboxylic acids is 1. The lowest BCUT2D eigenvalue weighted by Crippen LogP contribution is -2.23. The smallest absolute Gasteiger partial charge is 0.232 e. The van der Waals surface area contributed by atoms with E-state index >= 15 is 0 Å². The zero-order valence-corrected chi connectivity index (χ0v) is 15.6. The molecule has 25 heavy (non-hydrogen) atoms. The molecule has 0 saturated carbocycles. The number of thioether (sulfide) groups is 1. The van der Waals surface area contributed by atoms with E-state index in [1.165, 1.54) is 11.8 Å². The Morgan fingerprint density at radius 2 is 1.80 bits per heavy atom. The van der Waals surface area contributed by atoms with Crippen LogP contribution in [0.5, 0.6) is 0 Å². The van der Waals surface area contributed by atoms with Gasteiger partial charge in [-0.3, -0.25) is 9.36 Å². The van der Waals surface area contributed by atoms with E-state index in [1.807, 2.05) is 65.4 Å². The molecule has 0 bridgehead atoms. The average molecular weight is 372 g/mol. The molecule has 0 N–H and O–H groups in total. The van der Waals surface area contributed by atoms with Crippen LogP contribution in [0.15, 0.2) is 66.0 Å². The number of hydrogen-bond acceptors (Lipinski definition) is 3. The van der Waals surface area contributed by atoms with Gasteiger partial charge in [0.15, 0.2) is 5.16 Å². The molecule has 0 saturated heterocycles. The quantitative estimate of drug-likeness (QED) is 0.625. The van der Waals surface area contributed by atoms with Crippen molar-refractivity contribution in [3.8, 4) is 16.9 Å². The fourth-order valence-electron chi connectivity index (χ4n) is 2.37. The molecule has 3 aromatic rings. The predicted octanol–water partition coefficient (Wildman–Crippen LogP) is 4.37. The first-order valence-electron chi connectivity index (χ1n) is 7.79. The van der Waals surface area contributed by atoms with Crippen molar-refractivity contribution in [3.63, 3.8) is 0 Å². The maximum absolute atomic E-state index is 11.9. The van der Waals surface area contributed by atoms with Crippen molar-refractivity contribution in [2.45, 2.75) is 5.16 Å². The number of carbonyl (C=O) groups is 1. The van der Waals surface area contributed by atoms with Crippen LogP contribution in [0.2, 0.25) is 5.02 Å². The Bertz CT molecular complexity index is 877. The van der Waals surface area contributed by atoms with Gasteiger partial charge in [0.05, 0.1) is 28.4 Å². The zero-order valence-electron chi connectivity index (χ0n) is 14.0. The molecule has 1 heterocycles. The molecule has 4 nitrogen and oxygen atoms in total. The van der Waals surface area contributed by atoms with Crippen LogP contribution < -0.4 is 0 Å². The fraction of sp³-hybridized carbons (Fsp3) is 0.158. The molecule has 0 radical (unpaired) electrons. The summed E-state index contributed by atoms with van der Waals surface area (Å²) >= 11 is 7.83. The van der Waals surface area contributed by atoms with Crippen LogP contribution in [-0.4, -0.2) is 40.2 Å². The molecule has 0 fully saturated rings. The third kappa shape index (κ3) is 3.89. The lowest BCUT2D eigenvalue weighted by atomic mass is 10.1. The summed E-state index contributed by atoms with van der Waals surface area (Å²) in [5, 5.41) is 1.38. The van der Waals surface area contributed by atoms with E-state index in [9.17, 15) is 4.79 Å². The molecule has 1 aromatic heterocycles. The second-order valence-electron chi connectivity index (χ2n) is 5.66. The van der Waals surface area contributed by atoms with Crippen LogP contribution in [0.1, 0.15) is 0 Å². The van der Waals surface area contributed by atoms with Gasteiger partial charge in [-0.15, -0.1) is 0 Å². The van der Waals surface area contributed by atoms with Gasteiger partial charge in [-0.1, -0.05) is 65.8 Å². The Kier molecular flexibility index (Phi) is 5.46. The third-order valence-corrected chi connectivity index (χ3v) is 4.97. The van der Waals surface area contributed by atoms with E-state index in [0.717, 1.165) is 22.1 Å². The van der Waals surface area contributed by atoms with Crippen molar-refractivity contribution < 1.29 is 4.79 Å². The minimum Gasteiger partial charge on any atom is -0.348 e. The second kappa shape index (κ2) is 7.76. The van der Waals surface area contributed by atoms with Crippen molar-refractivity contribution in [2.24, 2.45) is 0 Å². The topological polar surface area (TPSA) is 38.1 Å². The molecule has 2 aromatic carbocycles. The SMILES string of the molecule is CN(C)C(=O)CSc1ncc(-c2ccccc2)n1-c1ccccc1Cl. The summed E-state index contributed by atoms with van der Waals surface area (Å²) < 4.78 is 2.01. The highest BCUT2D eigenvalue weighted by Crippen LogP contribution is 2.32. The number of benzene rings is 2. The predicted molar refractivity (Wildman–Crippen MR) is 103 cm³/mol. The van der Waals surface area contributed by atoms with Gasteiger partial charge in [0.1, 0.15) is 0 Å². The van der Waals surface area contributed by atoms with Crippen LogP contribution in [0, 0.1) is 0 Å². The maximum atomic E-state index is 11.9. The first-order chi connectivity index (χ1) is 12.1. The second-order valence-corrected chi connectivity index (χ2v) is 7.01. The largest absolute Gasteiger partial charge is 0.348 e. The van der Waals surface area contributed by atoms with Crippen LogP contribution >= 0.6 is 23.4 Å². The minimum atomic E-state index is 0.0416. The first kappa shape index (κ1) is 17.6. The molecule has 0 atom stereocenters. The van der Waals surface area contributed by atoms with Crippen molar-refractivity contribution in [3.05, 3.63) is 65.8 Å². The number of halogens is 1. The summed E-state index contributed by atoms with van der Waals surface area (Å²) in [7, 11) is 3.50. The molecular formula is C19H18ClN3OS. The summed E-state index contributed by atoms with van der Waals surface area (Å²) in [5.41, 5.74) is 2.83. The number of aromatic nitrogens is 2. The van der Waals surface area contributed by atoms with Crippen LogP contribution in [-0.2, 0) is 4.79 Å². The monoisotopic (exact) mass is 371 g/mol. The van der Waals surface area contributed by atoms with E-state index in [4.69, 9.17) is 11.6 Å². The Labute approximate surface area is 156 Å². The van der Waals surface area contributed by atoms with E-state index in [1.54, 1.807) is 19.0 Å². The third-order valence-electron chi connectivity index (χ3n) is 3.72. The van der Waals surface area contributed by atoms with Crippen molar-refractivity contribution in [2.75, 3.05) is 19.8 Å². The summed E-state index contributed by atoms with van der Waals surface area (Å²) in [5.74, 6) is 0.364. The highest BCUT2D eigenvalue weighted by atomic mass is 35.5. The van der Waals surface area contributed by atoms with Gasteiger partial charge in [-0.25, -0.2) is 4.98 Å². The summed E-state index contributed by atoms with van der Waals surface area (Å²) in [4.78, 5) is 18.1. The molecule has 0 aliphatic rings. The van der Waals surface area contributed by atoms with Gasteiger partial charge in [0.25, 0.3) is 0 Å². The highest BCUT2D eigenvalue weighted by molar-refractivity contribution is 7.99. The molecule has 128 valence electrons. The summed E-state index contributed by atoms with van der Waals surface area (Å²) in [6, 6.07) is 17.7. The summed E-state index contributed by atoms with van der Waals surface area (Å²) in [6.07, 6.45) is 1.82. The Hall–Kier alpha value is -2.24. The average Bonchev–Trinajstić information content (AvgIpc) is 3.04. The van der Waals surface area contributed by atoms with Crippen LogP contribution in [0.4, 0.5) is 0 Å². The Morgan fingerprint density at radius 3 is 2.48 bits per heavy atom. The van der Waals surface area contributed by atoms with Gasteiger partial charge >= 0.3 is 0 Å². The van der Waals surface area contributed by atoms with Crippen molar-refractivity contribution in [1.82, 2.24) is 14.5 Å². The molecule has 1 amide bonds. The number of imidazole rings is 1. The molecule has 0 spiro atoms. The van der Waals surface area contributed by atoms with Crippen molar-refractivity contribution >= 4 is 29.3 Å². The standard InChI is InChI=1S/C19H18ClN3OS/c1-22(2)18(24)13-25-19-21-12-17(14-8-4-3-5-9-14)23(19)16-11-7-6-10-15(16)20/h3-12H,13H2,1-2H3. The number of amides is 1. The highest BCUT2D eigenvalue weighted by Gasteiger charge is 2.17. The molecule has 0 aliphatic carbocycles. The number of nitrogens with zero attached hydrogens (tertiary/aromatic N) is 3. The molecular weight excluding hydrogens is 354 g/mol. The van der Waals surface area contributed by atoms with Gasteiger partial charge in [0, 0.05) is 19.7 Å². The van der Waals surface area contributed by atoms with Crippen LogP contribution in [0.25, 0.3) is 16.9 Å². The molecule has 6 heteroatoms. The van der Waals surface area contributed by atoms with E-state index in [-0.39, 0.29) is 5.91 Å². The van der Waals surface area contributed by atoms with E-state index < -0.39 is 0 Å².